The molecule has 0 N–H and O–H groups in total. The highest BCUT2D eigenvalue weighted by molar-refractivity contribution is 5.91. The first-order valence-corrected chi connectivity index (χ1v) is 5.48. The first-order valence-electron chi connectivity index (χ1n) is 5.48. The number of alkyl halides is 3. The van der Waals surface area contributed by atoms with Crippen molar-refractivity contribution in [1.29, 1.82) is 0 Å². The lowest BCUT2D eigenvalue weighted by atomic mass is 10.0. The molecule has 0 amide bonds. The number of carbonyl (C=O) groups is 1. The maximum Gasteiger partial charge on any atom is 0.416 e. The monoisotopic (exact) mass is 269 g/mol. The lowest BCUT2D eigenvalue weighted by Gasteiger charge is -2.10. The fraction of sp³-hybridized carbons (Fsp3) is 0.231. The zero-order valence-electron chi connectivity index (χ0n) is 9.99. The van der Waals surface area contributed by atoms with E-state index in [0.717, 1.165) is 12.3 Å². The zero-order chi connectivity index (χ0) is 14.0. The second kappa shape index (κ2) is 4.87. The molecule has 0 aliphatic rings. The van der Waals surface area contributed by atoms with E-state index in [-0.39, 0.29) is 29.4 Å². The molecule has 0 spiro atoms. The Morgan fingerprint density at radius 1 is 1.32 bits per heavy atom. The van der Waals surface area contributed by atoms with Crippen molar-refractivity contribution in [3.8, 4) is 0 Å². The Hall–Kier alpha value is -2.11. The number of ketones is 1. The van der Waals surface area contributed by atoms with E-state index in [4.69, 9.17) is 4.42 Å². The number of oxazole rings is 1. The SMILES string of the molecule is CC(=O)c1coc(Cc2ccccc2C(F)(F)F)n1. The van der Waals surface area contributed by atoms with Gasteiger partial charge in [0.05, 0.1) is 5.56 Å². The van der Waals surface area contributed by atoms with Crippen molar-refractivity contribution in [2.75, 3.05) is 0 Å². The van der Waals surface area contributed by atoms with Gasteiger partial charge in [-0.25, -0.2) is 4.98 Å². The minimum absolute atomic E-state index is 0.0620. The van der Waals surface area contributed by atoms with Gasteiger partial charge in [-0.1, -0.05) is 18.2 Å². The number of aromatic nitrogens is 1. The number of Topliss-reactive ketones (excluding diaryl/α,β-unsaturated/α-hetero) is 1. The highest BCUT2D eigenvalue weighted by atomic mass is 19.4. The molecule has 1 aromatic carbocycles. The average molecular weight is 269 g/mol. The van der Waals surface area contributed by atoms with Gasteiger partial charge in [0, 0.05) is 13.3 Å². The standard InChI is InChI=1S/C13H10F3NO2/c1-8(18)11-7-19-12(17-11)6-9-4-2-3-5-10(9)13(14,15)16/h2-5,7H,6H2,1H3. The predicted octanol–water partition coefficient (Wildman–Crippen LogP) is 3.49. The molecule has 0 unspecified atom stereocenters. The van der Waals surface area contributed by atoms with Gasteiger partial charge in [0.25, 0.3) is 0 Å². The number of carbonyl (C=O) groups excluding carboxylic acids is 1. The second-order valence-electron chi connectivity index (χ2n) is 4.01. The molecule has 0 radical (unpaired) electrons. The minimum atomic E-state index is -4.42. The van der Waals surface area contributed by atoms with Crippen LogP contribution in [-0.2, 0) is 12.6 Å². The van der Waals surface area contributed by atoms with Crippen molar-refractivity contribution in [1.82, 2.24) is 4.98 Å². The van der Waals surface area contributed by atoms with Crippen LogP contribution in [0, 0.1) is 0 Å². The van der Waals surface area contributed by atoms with Crippen LogP contribution in [0.1, 0.15) is 34.4 Å². The molecule has 2 rings (SSSR count). The molecule has 0 fully saturated rings. The van der Waals surface area contributed by atoms with Crippen molar-refractivity contribution < 1.29 is 22.4 Å². The number of nitrogens with zero attached hydrogens (tertiary/aromatic N) is 1. The van der Waals surface area contributed by atoms with E-state index in [0.29, 0.717) is 0 Å². The zero-order valence-corrected chi connectivity index (χ0v) is 9.99. The Balaban J connectivity index is 2.30. The van der Waals surface area contributed by atoms with Crippen LogP contribution in [0.3, 0.4) is 0 Å². The third-order valence-corrected chi connectivity index (χ3v) is 2.58. The normalized spacial score (nSPS) is 11.6. The molecule has 6 heteroatoms. The van der Waals surface area contributed by atoms with Crippen molar-refractivity contribution >= 4 is 5.78 Å². The van der Waals surface area contributed by atoms with Gasteiger partial charge < -0.3 is 4.42 Å². The summed E-state index contributed by atoms with van der Waals surface area (Å²) in [6.07, 6.45) is -3.39. The van der Waals surface area contributed by atoms with Crippen molar-refractivity contribution in [2.45, 2.75) is 19.5 Å². The summed E-state index contributed by atoms with van der Waals surface area (Å²) in [5.74, 6) is -0.207. The number of halogens is 3. The Morgan fingerprint density at radius 3 is 2.58 bits per heavy atom. The van der Waals surface area contributed by atoms with Gasteiger partial charge in [-0.15, -0.1) is 0 Å². The summed E-state index contributed by atoms with van der Waals surface area (Å²) in [6.45, 7) is 1.31. The smallest absolute Gasteiger partial charge is 0.416 e. The highest BCUT2D eigenvalue weighted by Gasteiger charge is 2.33. The van der Waals surface area contributed by atoms with Crippen molar-refractivity contribution in [3.05, 3.63) is 53.2 Å². The van der Waals surface area contributed by atoms with Crippen LogP contribution in [0.4, 0.5) is 13.2 Å². The molecule has 19 heavy (non-hydrogen) atoms. The first kappa shape index (κ1) is 13.3. The van der Waals surface area contributed by atoms with Crippen LogP contribution < -0.4 is 0 Å². The summed E-state index contributed by atoms with van der Waals surface area (Å²) < 4.78 is 43.3. The van der Waals surface area contributed by atoms with Crippen LogP contribution >= 0.6 is 0 Å². The van der Waals surface area contributed by atoms with Gasteiger partial charge in [0.2, 0.25) is 0 Å². The van der Waals surface area contributed by atoms with Crippen LogP contribution in [0.5, 0.6) is 0 Å². The Morgan fingerprint density at radius 2 is 2.00 bits per heavy atom. The minimum Gasteiger partial charge on any atom is -0.448 e. The maximum absolute atomic E-state index is 12.8. The predicted molar refractivity (Wildman–Crippen MR) is 60.8 cm³/mol. The molecule has 0 aliphatic carbocycles. The van der Waals surface area contributed by atoms with Gasteiger partial charge in [-0.05, 0) is 11.6 Å². The van der Waals surface area contributed by atoms with Gasteiger partial charge in [0.15, 0.2) is 11.7 Å². The molecule has 0 aliphatic heterocycles. The third kappa shape index (κ3) is 3.01. The molecule has 0 saturated heterocycles. The van der Waals surface area contributed by atoms with Gasteiger partial charge in [-0.3, -0.25) is 4.79 Å². The highest BCUT2D eigenvalue weighted by Crippen LogP contribution is 2.32. The van der Waals surface area contributed by atoms with E-state index in [2.05, 4.69) is 4.98 Å². The van der Waals surface area contributed by atoms with Crippen LogP contribution in [0.25, 0.3) is 0 Å². The summed E-state index contributed by atoms with van der Waals surface area (Å²) in [5.41, 5.74) is -0.552. The lowest BCUT2D eigenvalue weighted by Crippen LogP contribution is -2.09. The number of hydrogen-bond acceptors (Lipinski definition) is 3. The molecule has 0 atom stereocenters. The summed E-state index contributed by atoms with van der Waals surface area (Å²) >= 11 is 0. The summed E-state index contributed by atoms with van der Waals surface area (Å²) in [7, 11) is 0. The Bertz CT molecular complexity index is 602. The topological polar surface area (TPSA) is 43.1 Å². The average Bonchev–Trinajstić information content (AvgIpc) is 2.77. The van der Waals surface area contributed by atoms with Crippen LogP contribution in [0.15, 0.2) is 34.9 Å². The van der Waals surface area contributed by atoms with E-state index in [1.54, 1.807) is 0 Å². The number of hydrogen-bond donors (Lipinski definition) is 0. The summed E-state index contributed by atoms with van der Waals surface area (Å²) in [6, 6.07) is 5.20. The molecule has 0 bridgehead atoms. The fourth-order valence-corrected chi connectivity index (χ4v) is 1.67. The fourth-order valence-electron chi connectivity index (χ4n) is 1.67. The second-order valence-corrected chi connectivity index (χ2v) is 4.01. The van der Waals surface area contributed by atoms with E-state index in [1.165, 1.54) is 25.1 Å². The maximum atomic E-state index is 12.8. The molecule has 100 valence electrons. The Labute approximate surface area is 107 Å². The third-order valence-electron chi connectivity index (χ3n) is 2.58. The largest absolute Gasteiger partial charge is 0.448 e. The Kier molecular flexibility index (Phi) is 3.42. The van der Waals surface area contributed by atoms with Gasteiger partial charge in [-0.2, -0.15) is 13.2 Å². The molecule has 1 heterocycles. The summed E-state index contributed by atoms with van der Waals surface area (Å²) in [4.78, 5) is 14.9. The first-order chi connectivity index (χ1) is 8.88. The van der Waals surface area contributed by atoms with Gasteiger partial charge >= 0.3 is 6.18 Å². The van der Waals surface area contributed by atoms with Crippen molar-refractivity contribution in [3.63, 3.8) is 0 Å². The van der Waals surface area contributed by atoms with E-state index in [1.807, 2.05) is 0 Å². The van der Waals surface area contributed by atoms with Crippen molar-refractivity contribution in [2.24, 2.45) is 0 Å². The van der Waals surface area contributed by atoms with E-state index >= 15 is 0 Å². The van der Waals surface area contributed by atoms with Crippen LogP contribution in [0.2, 0.25) is 0 Å². The van der Waals surface area contributed by atoms with E-state index < -0.39 is 11.7 Å². The molecule has 2 aromatic rings. The number of benzene rings is 1. The van der Waals surface area contributed by atoms with Crippen LogP contribution in [-0.4, -0.2) is 10.8 Å². The number of rotatable bonds is 3. The molecular weight excluding hydrogens is 259 g/mol. The van der Waals surface area contributed by atoms with Gasteiger partial charge in [0.1, 0.15) is 12.0 Å². The lowest BCUT2D eigenvalue weighted by molar-refractivity contribution is -0.138. The molecule has 0 saturated carbocycles. The summed E-state index contributed by atoms with van der Waals surface area (Å²) in [5, 5.41) is 0. The van der Waals surface area contributed by atoms with E-state index in [9.17, 15) is 18.0 Å². The quantitative estimate of drug-likeness (QED) is 0.801. The molecule has 3 nitrogen and oxygen atoms in total. The molecule has 1 aromatic heterocycles. The molecular formula is C13H10F3NO2.